The Bertz CT molecular complexity index is 84.3. The predicted molar refractivity (Wildman–Crippen MR) is 27.4 cm³/mol. The standard InChI is InChI=1S/C5H6NO/c1-2-6-3-5-7-4-1/h1-2H,4-5H2. The average molecular weight is 96.1 g/mol. The largest absolute Gasteiger partial charge is 0.371 e. The molecule has 1 aliphatic rings. The summed E-state index contributed by atoms with van der Waals surface area (Å²) in [6, 6.07) is 0. The summed E-state index contributed by atoms with van der Waals surface area (Å²) < 4.78 is 4.90. The summed E-state index contributed by atoms with van der Waals surface area (Å²) in [5, 5.41) is 0. The van der Waals surface area contributed by atoms with Crippen molar-refractivity contribution in [2.75, 3.05) is 13.2 Å². The van der Waals surface area contributed by atoms with E-state index in [0.717, 1.165) is 0 Å². The van der Waals surface area contributed by atoms with Gasteiger partial charge in [0.25, 0.3) is 0 Å². The molecule has 1 radical (unpaired) electrons. The van der Waals surface area contributed by atoms with Crippen molar-refractivity contribution in [3.05, 3.63) is 12.3 Å². The molecule has 1 heterocycles. The zero-order chi connectivity index (χ0) is 4.95. The van der Waals surface area contributed by atoms with Gasteiger partial charge in [0, 0.05) is 6.20 Å². The maximum Gasteiger partial charge on any atom is 0.0911 e. The Morgan fingerprint density at radius 2 is 2.71 bits per heavy atom. The monoisotopic (exact) mass is 96.0 g/mol. The number of rotatable bonds is 0. The molecule has 0 fully saturated rings. The number of nitrogens with zero attached hydrogens (tertiary/aromatic N) is 1. The normalized spacial score (nSPS) is 19.4. The first-order valence-electron chi connectivity index (χ1n) is 2.15. The van der Waals surface area contributed by atoms with Gasteiger partial charge in [-0.25, -0.2) is 0 Å². The lowest BCUT2D eigenvalue weighted by Crippen LogP contribution is -1.91. The van der Waals surface area contributed by atoms with E-state index in [9.17, 15) is 0 Å². The van der Waals surface area contributed by atoms with Gasteiger partial charge in [0.2, 0.25) is 0 Å². The maximum absolute atomic E-state index is 4.90. The van der Waals surface area contributed by atoms with Crippen LogP contribution in [0.1, 0.15) is 0 Å². The van der Waals surface area contributed by atoms with E-state index in [-0.39, 0.29) is 0 Å². The molecule has 0 atom stereocenters. The quantitative estimate of drug-likeness (QED) is 0.429. The highest BCUT2D eigenvalue weighted by molar-refractivity contribution is 5.59. The van der Waals surface area contributed by atoms with E-state index in [1.807, 2.05) is 6.08 Å². The second-order valence-corrected chi connectivity index (χ2v) is 1.19. The highest BCUT2D eigenvalue weighted by Crippen LogP contribution is 1.81. The Morgan fingerprint density at radius 1 is 1.71 bits per heavy atom. The zero-order valence-electron chi connectivity index (χ0n) is 3.92. The minimum absolute atomic E-state index is 0.521. The SMILES string of the molecule is [C]1=NC=CCOC1. The molecule has 0 amide bonds. The Balaban J connectivity index is 2.39. The molecule has 1 aliphatic heterocycles. The first kappa shape index (κ1) is 4.53. The average Bonchev–Trinajstić information content (AvgIpc) is 1.90. The van der Waals surface area contributed by atoms with Crippen LogP contribution in [0.25, 0.3) is 0 Å². The molecule has 0 bridgehead atoms. The predicted octanol–water partition coefficient (Wildman–Crippen LogP) is 0.478. The maximum atomic E-state index is 4.90. The van der Waals surface area contributed by atoms with Crippen molar-refractivity contribution < 1.29 is 4.74 Å². The zero-order valence-corrected chi connectivity index (χ0v) is 3.92. The van der Waals surface area contributed by atoms with Crippen LogP contribution in [0, 0.1) is 0 Å². The van der Waals surface area contributed by atoms with Crippen LogP contribution < -0.4 is 0 Å². The van der Waals surface area contributed by atoms with Crippen LogP contribution in [0.4, 0.5) is 0 Å². The van der Waals surface area contributed by atoms with Gasteiger partial charge in [0.1, 0.15) is 0 Å². The molecule has 0 N–H and O–H groups in total. The van der Waals surface area contributed by atoms with Crippen molar-refractivity contribution in [1.82, 2.24) is 0 Å². The lowest BCUT2D eigenvalue weighted by molar-refractivity contribution is 0.208. The van der Waals surface area contributed by atoms with Crippen LogP contribution in [0.5, 0.6) is 0 Å². The number of hydrogen-bond donors (Lipinski definition) is 0. The van der Waals surface area contributed by atoms with Gasteiger partial charge < -0.3 is 4.74 Å². The molecular formula is C5H6NO. The van der Waals surface area contributed by atoms with Gasteiger partial charge in [-0.1, -0.05) is 0 Å². The molecule has 0 aromatic carbocycles. The van der Waals surface area contributed by atoms with Gasteiger partial charge in [0.05, 0.1) is 19.4 Å². The minimum atomic E-state index is 0.521. The summed E-state index contributed by atoms with van der Waals surface area (Å²) in [4.78, 5) is 3.72. The summed E-state index contributed by atoms with van der Waals surface area (Å²) in [5.74, 6) is 0. The Labute approximate surface area is 42.5 Å². The molecule has 0 saturated heterocycles. The van der Waals surface area contributed by atoms with Crippen LogP contribution in [-0.2, 0) is 4.74 Å². The van der Waals surface area contributed by atoms with Crippen molar-refractivity contribution in [2.24, 2.45) is 4.99 Å². The van der Waals surface area contributed by atoms with Crippen LogP contribution in [-0.4, -0.2) is 19.4 Å². The molecule has 0 aromatic rings. The van der Waals surface area contributed by atoms with Crippen molar-refractivity contribution in [2.45, 2.75) is 0 Å². The Hall–Kier alpha value is -0.630. The number of aliphatic imine (C=N–C) groups is 1. The van der Waals surface area contributed by atoms with Gasteiger partial charge in [-0.2, -0.15) is 0 Å². The van der Waals surface area contributed by atoms with Crippen LogP contribution in [0.3, 0.4) is 0 Å². The van der Waals surface area contributed by atoms with Crippen LogP contribution >= 0.6 is 0 Å². The van der Waals surface area contributed by atoms with E-state index in [1.165, 1.54) is 0 Å². The molecule has 0 unspecified atom stereocenters. The molecule has 37 valence electrons. The van der Waals surface area contributed by atoms with E-state index < -0.39 is 0 Å². The summed E-state index contributed by atoms with van der Waals surface area (Å²) in [6.45, 7) is 1.18. The Morgan fingerprint density at radius 3 is 3.71 bits per heavy atom. The van der Waals surface area contributed by atoms with Crippen molar-refractivity contribution >= 4 is 6.21 Å². The van der Waals surface area contributed by atoms with Crippen molar-refractivity contribution in [3.8, 4) is 0 Å². The third-order valence-electron chi connectivity index (χ3n) is 0.652. The molecule has 1 rings (SSSR count). The van der Waals surface area contributed by atoms with E-state index in [2.05, 4.69) is 11.2 Å². The number of hydrogen-bond acceptors (Lipinski definition) is 2. The van der Waals surface area contributed by atoms with Gasteiger partial charge in [-0.15, -0.1) is 0 Å². The third-order valence-corrected chi connectivity index (χ3v) is 0.652. The minimum Gasteiger partial charge on any atom is -0.371 e. The molecular weight excluding hydrogens is 90.1 g/mol. The van der Waals surface area contributed by atoms with Gasteiger partial charge in [0.15, 0.2) is 0 Å². The summed E-state index contributed by atoms with van der Waals surface area (Å²) in [7, 11) is 0. The van der Waals surface area contributed by atoms with E-state index in [1.54, 1.807) is 6.20 Å². The number of ether oxygens (including phenoxy) is 1. The second kappa shape index (κ2) is 2.53. The molecule has 0 spiro atoms. The fourth-order valence-electron chi connectivity index (χ4n) is 0.358. The molecule has 0 aliphatic carbocycles. The van der Waals surface area contributed by atoms with Gasteiger partial charge >= 0.3 is 0 Å². The smallest absolute Gasteiger partial charge is 0.0911 e. The highest BCUT2D eigenvalue weighted by atomic mass is 16.5. The van der Waals surface area contributed by atoms with E-state index in [0.29, 0.717) is 13.2 Å². The molecule has 0 saturated carbocycles. The summed E-state index contributed by atoms with van der Waals surface area (Å²) >= 11 is 0. The molecule has 2 heteroatoms. The summed E-state index contributed by atoms with van der Waals surface area (Å²) in [6.07, 6.45) is 6.20. The first-order valence-corrected chi connectivity index (χ1v) is 2.15. The Kier molecular flexibility index (Phi) is 1.63. The first-order chi connectivity index (χ1) is 3.50. The third kappa shape index (κ3) is 1.50. The van der Waals surface area contributed by atoms with Crippen LogP contribution in [0.15, 0.2) is 17.3 Å². The van der Waals surface area contributed by atoms with E-state index in [4.69, 9.17) is 4.74 Å². The van der Waals surface area contributed by atoms with E-state index >= 15 is 0 Å². The van der Waals surface area contributed by atoms with Crippen molar-refractivity contribution in [1.29, 1.82) is 0 Å². The second-order valence-electron chi connectivity index (χ2n) is 1.19. The molecule has 0 aromatic heterocycles. The fraction of sp³-hybridized carbons (Fsp3) is 0.400. The lowest BCUT2D eigenvalue weighted by atomic mass is 10.7. The fourth-order valence-corrected chi connectivity index (χ4v) is 0.358. The van der Waals surface area contributed by atoms with Gasteiger partial charge in [-0.05, 0) is 6.08 Å². The topological polar surface area (TPSA) is 21.6 Å². The molecule has 2 nitrogen and oxygen atoms in total. The van der Waals surface area contributed by atoms with Gasteiger partial charge in [-0.3, -0.25) is 4.99 Å². The van der Waals surface area contributed by atoms with Crippen LogP contribution in [0.2, 0.25) is 0 Å². The highest BCUT2D eigenvalue weighted by Gasteiger charge is 1.81. The summed E-state index contributed by atoms with van der Waals surface area (Å²) in [5.41, 5.74) is 0. The lowest BCUT2D eigenvalue weighted by Gasteiger charge is -1.86. The van der Waals surface area contributed by atoms with Crippen molar-refractivity contribution in [3.63, 3.8) is 0 Å². The molecule has 7 heavy (non-hydrogen) atoms.